The zero-order valence-electron chi connectivity index (χ0n) is 16.8. The lowest BCUT2D eigenvalue weighted by Gasteiger charge is -2.36. The van der Waals surface area contributed by atoms with Gasteiger partial charge >= 0.3 is 0 Å². The predicted molar refractivity (Wildman–Crippen MR) is 108 cm³/mol. The molecule has 3 rings (SSSR count). The largest absolute Gasteiger partial charge is 0.472 e. The number of likely N-dealkylation sites (tertiary alicyclic amines) is 1. The maximum Gasteiger partial charge on any atom is 0.257 e. The molecule has 1 amide bonds. The summed E-state index contributed by atoms with van der Waals surface area (Å²) in [7, 11) is 4.02. The van der Waals surface area contributed by atoms with E-state index in [-0.39, 0.29) is 11.7 Å². The zero-order valence-corrected chi connectivity index (χ0v) is 16.8. The van der Waals surface area contributed by atoms with Crippen molar-refractivity contribution in [2.75, 3.05) is 46.8 Å². The van der Waals surface area contributed by atoms with Crippen molar-refractivity contribution < 1.29 is 13.6 Å². The fourth-order valence-corrected chi connectivity index (χ4v) is 3.79. The molecule has 1 aromatic heterocycles. The van der Waals surface area contributed by atoms with E-state index in [9.17, 15) is 9.18 Å². The van der Waals surface area contributed by atoms with E-state index in [0.29, 0.717) is 31.1 Å². The standard InChI is InChI=1S/C22H30FN3O2/c1-24(2)11-12-26(22(27)20-9-13-28-17-20)15-18-6-5-10-25(14-18)16-19-7-3-4-8-21(19)23/h3-4,7-9,13,17-18H,5-6,10-12,14-16H2,1-2H3. The molecule has 1 unspecified atom stereocenters. The lowest BCUT2D eigenvalue weighted by atomic mass is 9.96. The molecule has 1 aromatic carbocycles. The van der Waals surface area contributed by atoms with Gasteiger partial charge in [-0.15, -0.1) is 0 Å². The Morgan fingerprint density at radius 1 is 1.25 bits per heavy atom. The Balaban J connectivity index is 1.62. The fraction of sp³-hybridized carbons (Fsp3) is 0.500. The van der Waals surface area contributed by atoms with Gasteiger partial charge in [0, 0.05) is 38.3 Å². The molecule has 28 heavy (non-hydrogen) atoms. The molecular formula is C22H30FN3O2. The molecule has 1 aliphatic heterocycles. The van der Waals surface area contributed by atoms with Crippen molar-refractivity contribution in [1.29, 1.82) is 0 Å². The van der Waals surface area contributed by atoms with Gasteiger partial charge in [0.25, 0.3) is 5.91 Å². The van der Waals surface area contributed by atoms with Gasteiger partial charge in [-0.3, -0.25) is 9.69 Å². The second-order valence-corrected chi connectivity index (χ2v) is 7.90. The summed E-state index contributed by atoms with van der Waals surface area (Å²) in [6.07, 6.45) is 5.20. The SMILES string of the molecule is CN(C)CCN(CC1CCCN(Cc2ccccc2F)C1)C(=O)c1ccoc1. The van der Waals surface area contributed by atoms with Crippen molar-refractivity contribution in [3.05, 3.63) is 59.8 Å². The van der Waals surface area contributed by atoms with Crippen LogP contribution >= 0.6 is 0 Å². The number of benzene rings is 1. The Bertz CT molecular complexity index is 748. The molecule has 1 aliphatic rings. The van der Waals surface area contributed by atoms with E-state index >= 15 is 0 Å². The van der Waals surface area contributed by atoms with Gasteiger partial charge in [-0.1, -0.05) is 18.2 Å². The highest BCUT2D eigenvalue weighted by molar-refractivity contribution is 5.93. The van der Waals surface area contributed by atoms with E-state index in [1.165, 1.54) is 18.6 Å². The second-order valence-electron chi connectivity index (χ2n) is 7.90. The first-order valence-electron chi connectivity index (χ1n) is 9.95. The molecule has 0 bridgehead atoms. The van der Waals surface area contributed by atoms with Crippen LogP contribution in [-0.2, 0) is 6.54 Å². The van der Waals surface area contributed by atoms with Crippen molar-refractivity contribution >= 4 is 5.91 Å². The quantitative estimate of drug-likeness (QED) is 0.697. The van der Waals surface area contributed by atoms with Crippen LogP contribution in [0.2, 0.25) is 0 Å². The molecule has 6 heteroatoms. The number of nitrogens with zero attached hydrogens (tertiary/aromatic N) is 3. The van der Waals surface area contributed by atoms with Crippen LogP contribution in [0, 0.1) is 11.7 Å². The predicted octanol–water partition coefficient (Wildman–Crippen LogP) is 3.33. The van der Waals surface area contributed by atoms with Crippen LogP contribution in [-0.4, -0.2) is 67.4 Å². The van der Waals surface area contributed by atoms with E-state index in [2.05, 4.69) is 9.80 Å². The minimum absolute atomic E-state index is 0.0156. The highest BCUT2D eigenvalue weighted by Gasteiger charge is 2.25. The van der Waals surface area contributed by atoms with E-state index in [0.717, 1.165) is 38.0 Å². The van der Waals surface area contributed by atoms with Crippen LogP contribution in [0.4, 0.5) is 4.39 Å². The van der Waals surface area contributed by atoms with Crippen LogP contribution in [0.1, 0.15) is 28.8 Å². The molecule has 152 valence electrons. The van der Waals surface area contributed by atoms with Crippen molar-refractivity contribution in [2.45, 2.75) is 19.4 Å². The van der Waals surface area contributed by atoms with Crippen LogP contribution in [0.15, 0.2) is 47.3 Å². The van der Waals surface area contributed by atoms with Crippen molar-refractivity contribution in [2.24, 2.45) is 5.92 Å². The number of piperidine rings is 1. The summed E-state index contributed by atoms with van der Waals surface area (Å²) in [6, 6.07) is 8.69. The minimum atomic E-state index is -0.146. The summed E-state index contributed by atoms with van der Waals surface area (Å²) in [5.74, 6) is 0.257. The van der Waals surface area contributed by atoms with E-state index in [1.807, 2.05) is 31.1 Å². The number of carbonyl (C=O) groups excluding carboxylic acids is 1. The molecule has 5 nitrogen and oxygen atoms in total. The molecule has 0 saturated carbocycles. The Morgan fingerprint density at radius 3 is 2.79 bits per heavy atom. The third kappa shape index (κ3) is 5.66. The summed E-state index contributed by atoms with van der Waals surface area (Å²) in [5.41, 5.74) is 1.33. The molecule has 0 spiro atoms. The molecule has 1 atom stereocenters. The van der Waals surface area contributed by atoms with Gasteiger partial charge in [0.05, 0.1) is 11.8 Å². The second kappa shape index (κ2) is 9.85. The molecule has 2 aromatic rings. The van der Waals surface area contributed by atoms with Crippen LogP contribution < -0.4 is 0 Å². The first kappa shape index (κ1) is 20.6. The van der Waals surface area contributed by atoms with Crippen molar-refractivity contribution in [3.63, 3.8) is 0 Å². The molecule has 0 N–H and O–H groups in total. The number of hydrogen-bond donors (Lipinski definition) is 0. The van der Waals surface area contributed by atoms with Crippen molar-refractivity contribution in [1.82, 2.24) is 14.7 Å². The summed E-state index contributed by atoms with van der Waals surface area (Å²) in [6.45, 7) is 4.68. The number of hydrogen-bond acceptors (Lipinski definition) is 4. The monoisotopic (exact) mass is 387 g/mol. The molecule has 2 heterocycles. The molecule has 1 fully saturated rings. The first-order chi connectivity index (χ1) is 13.5. The number of amides is 1. The number of carbonyl (C=O) groups is 1. The lowest BCUT2D eigenvalue weighted by molar-refractivity contribution is 0.0659. The van der Waals surface area contributed by atoms with Gasteiger partial charge in [-0.2, -0.15) is 0 Å². The van der Waals surface area contributed by atoms with E-state index in [4.69, 9.17) is 4.42 Å². The van der Waals surface area contributed by atoms with Crippen LogP contribution in [0.3, 0.4) is 0 Å². The first-order valence-corrected chi connectivity index (χ1v) is 9.95. The van der Waals surface area contributed by atoms with Crippen molar-refractivity contribution in [3.8, 4) is 0 Å². The molecule has 0 aliphatic carbocycles. The molecule has 0 radical (unpaired) electrons. The van der Waals surface area contributed by atoms with Crippen LogP contribution in [0.5, 0.6) is 0 Å². The van der Waals surface area contributed by atoms with Gasteiger partial charge in [0.15, 0.2) is 0 Å². The smallest absolute Gasteiger partial charge is 0.257 e. The normalized spacial score (nSPS) is 17.8. The average Bonchev–Trinajstić information content (AvgIpc) is 3.21. The average molecular weight is 387 g/mol. The third-order valence-electron chi connectivity index (χ3n) is 5.31. The minimum Gasteiger partial charge on any atom is -0.472 e. The van der Waals surface area contributed by atoms with Gasteiger partial charge in [-0.25, -0.2) is 4.39 Å². The molecular weight excluding hydrogens is 357 g/mol. The highest BCUT2D eigenvalue weighted by atomic mass is 19.1. The summed E-state index contributed by atoms with van der Waals surface area (Å²) in [5, 5.41) is 0. The summed E-state index contributed by atoms with van der Waals surface area (Å²) in [4.78, 5) is 19.2. The topological polar surface area (TPSA) is 39.9 Å². The van der Waals surface area contributed by atoms with Gasteiger partial charge in [0.2, 0.25) is 0 Å². The Labute approximate surface area is 166 Å². The summed E-state index contributed by atoms with van der Waals surface area (Å²) < 4.78 is 19.1. The maximum absolute atomic E-state index is 14.0. The number of halogens is 1. The molecule has 1 saturated heterocycles. The Hall–Kier alpha value is -2.18. The number of likely N-dealkylation sites (N-methyl/N-ethyl adjacent to an activating group) is 1. The summed E-state index contributed by atoms with van der Waals surface area (Å²) >= 11 is 0. The Morgan fingerprint density at radius 2 is 2.07 bits per heavy atom. The van der Waals surface area contributed by atoms with Gasteiger partial charge in [-0.05, 0) is 51.5 Å². The Kier molecular flexibility index (Phi) is 7.23. The third-order valence-corrected chi connectivity index (χ3v) is 5.31. The highest BCUT2D eigenvalue weighted by Crippen LogP contribution is 2.21. The van der Waals surface area contributed by atoms with E-state index < -0.39 is 0 Å². The van der Waals surface area contributed by atoms with Gasteiger partial charge < -0.3 is 14.2 Å². The number of rotatable bonds is 8. The van der Waals surface area contributed by atoms with Gasteiger partial charge in [0.1, 0.15) is 12.1 Å². The number of furan rings is 1. The fourth-order valence-electron chi connectivity index (χ4n) is 3.79. The lowest BCUT2D eigenvalue weighted by Crippen LogP contribution is -2.44. The van der Waals surface area contributed by atoms with E-state index in [1.54, 1.807) is 12.1 Å². The maximum atomic E-state index is 14.0. The zero-order chi connectivity index (χ0) is 19.9. The van der Waals surface area contributed by atoms with Crippen LogP contribution in [0.25, 0.3) is 0 Å².